The smallest absolute Gasteiger partial charge is 0.130 e. The lowest BCUT2D eigenvalue weighted by Crippen LogP contribution is -2.05. The van der Waals surface area contributed by atoms with Gasteiger partial charge in [-0.2, -0.15) is 0 Å². The molecule has 1 heterocycles. The Morgan fingerprint density at radius 3 is 2.71 bits per heavy atom. The number of anilines is 1. The number of nitrogens with two attached hydrogens (primary N) is 1. The van der Waals surface area contributed by atoms with E-state index >= 15 is 0 Å². The molecule has 0 unspecified atom stereocenters. The summed E-state index contributed by atoms with van der Waals surface area (Å²) in [5, 5.41) is 0. The van der Waals surface area contributed by atoms with Crippen molar-refractivity contribution in [3.05, 3.63) is 17.6 Å². The van der Waals surface area contributed by atoms with Crippen LogP contribution in [0.3, 0.4) is 0 Å². The third-order valence-corrected chi connectivity index (χ3v) is 2.90. The fourth-order valence-electron chi connectivity index (χ4n) is 2.13. The van der Waals surface area contributed by atoms with Crippen molar-refractivity contribution < 1.29 is 0 Å². The summed E-state index contributed by atoms with van der Waals surface area (Å²) in [6, 6.07) is 1.94. The molecule has 0 saturated heterocycles. The molecule has 0 radical (unpaired) electrons. The average Bonchev–Trinajstić information content (AvgIpc) is 2.69. The van der Waals surface area contributed by atoms with Crippen molar-refractivity contribution in [3.63, 3.8) is 0 Å². The topological polar surface area (TPSA) is 51.8 Å². The Balaban J connectivity index is 2.27. The van der Waals surface area contributed by atoms with Crippen LogP contribution in [0.1, 0.15) is 50.0 Å². The first kappa shape index (κ1) is 9.44. The standard InChI is InChI=1S/C11H17N3/c1-2-11-13-9(7-10(12)14-11)8-5-3-4-6-8/h7-8H,2-6H2,1H3,(H2,12,13,14). The van der Waals surface area contributed by atoms with Gasteiger partial charge in [-0.05, 0) is 12.8 Å². The molecule has 0 spiro atoms. The van der Waals surface area contributed by atoms with E-state index in [4.69, 9.17) is 5.73 Å². The number of aromatic nitrogens is 2. The van der Waals surface area contributed by atoms with E-state index in [0.29, 0.717) is 11.7 Å². The number of aryl methyl sites for hydroxylation is 1. The summed E-state index contributed by atoms with van der Waals surface area (Å²) in [5.41, 5.74) is 6.91. The fourth-order valence-corrected chi connectivity index (χ4v) is 2.13. The summed E-state index contributed by atoms with van der Waals surface area (Å²) in [5.74, 6) is 2.14. The van der Waals surface area contributed by atoms with E-state index in [1.165, 1.54) is 25.7 Å². The van der Waals surface area contributed by atoms with Crippen LogP contribution in [0.25, 0.3) is 0 Å². The molecule has 0 atom stereocenters. The number of hydrogen-bond acceptors (Lipinski definition) is 3. The Kier molecular flexibility index (Phi) is 2.66. The second-order valence-electron chi connectivity index (χ2n) is 3.97. The second-order valence-corrected chi connectivity index (χ2v) is 3.97. The summed E-state index contributed by atoms with van der Waals surface area (Å²) in [6.45, 7) is 2.06. The van der Waals surface area contributed by atoms with Gasteiger partial charge in [0.25, 0.3) is 0 Å². The van der Waals surface area contributed by atoms with E-state index in [2.05, 4.69) is 16.9 Å². The van der Waals surface area contributed by atoms with Gasteiger partial charge >= 0.3 is 0 Å². The van der Waals surface area contributed by atoms with Crippen LogP contribution in [0.4, 0.5) is 5.82 Å². The summed E-state index contributed by atoms with van der Waals surface area (Å²) < 4.78 is 0. The van der Waals surface area contributed by atoms with E-state index in [1.54, 1.807) is 0 Å². The molecule has 1 aliphatic rings. The minimum atomic E-state index is 0.624. The SMILES string of the molecule is CCc1nc(N)cc(C2CCCC2)n1. The predicted octanol–water partition coefficient (Wildman–Crippen LogP) is 2.28. The molecule has 76 valence electrons. The van der Waals surface area contributed by atoms with Crippen molar-refractivity contribution in [2.24, 2.45) is 0 Å². The Morgan fingerprint density at radius 1 is 1.36 bits per heavy atom. The van der Waals surface area contributed by atoms with Crippen molar-refractivity contribution in [2.75, 3.05) is 5.73 Å². The monoisotopic (exact) mass is 191 g/mol. The molecule has 1 aromatic heterocycles. The number of nitrogen functional groups attached to an aromatic ring is 1. The summed E-state index contributed by atoms with van der Waals surface area (Å²) >= 11 is 0. The third kappa shape index (κ3) is 1.86. The molecular formula is C11H17N3. The van der Waals surface area contributed by atoms with Gasteiger partial charge in [-0.15, -0.1) is 0 Å². The molecule has 3 nitrogen and oxygen atoms in total. The highest BCUT2D eigenvalue weighted by Gasteiger charge is 2.19. The van der Waals surface area contributed by atoms with Crippen LogP contribution in [-0.2, 0) is 6.42 Å². The maximum Gasteiger partial charge on any atom is 0.130 e. The highest BCUT2D eigenvalue weighted by molar-refractivity contribution is 5.31. The lowest BCUT2D eigenvalue weighted by molar-refractivity contribution is 0.685. The van der Waals surface area contributed by atoms with Gasteiger partial charge in [0.2, 0.25) is 0 Å². The lowest BCUT2D eigenvalue weighted by Gasteiger charge is -2.09. The van der Waals surface area contributed by atoms with Gasteiger partial charge in [0.15, 0.2) is 0 Å². The van der Waals surface area contributed by atoms with E-state index in [0.717, 1.165) is 17.9 Å². The van der Waals surface area contributed by atoms with E-state index in [-0.39, 0.29) is 0 Å². The van der Waals surface area contributed by atoms with Crippen LogP contribution in [-0.4, -0.2) is 9.97 Å². The Morgan fingerprint density at radius 2 is 2.07 bits per heavy atom. The zero-order valence-electron chi connectivity index (χ0n) is 8.66. The van der Waals surface area contributed by atoms with E-state index in [9.17, 15) is 0 Å². The largest absolute Gasteiger partial charge is 0.384 e. The van der Waals surface area contributed by atoms with Crippen LogP contribution in [0.2, 0.25) is 0 Å². The summed E-state index contributed by atoms with van der Waals surface area (Å²) in [4.78, 5) is 8.73. The maximum absolute atomic E-state index is 5.75. The molecule has 1 saturated carbocycles. The molecule has 2 rings (SSSR count). The number of hydrogen-bond donors (Lipinski definition) is 1. The third-order valence-electron chi connectivity index (χ3n) is 2.90. The molecule has 1 fully saturated rings. The van der Waals surface area contributed by atoms with Gasteiger partial charge in [-0.1, -0.05) is 19.8 Å². The van der Waals surface area contributed by atoms with Crippen molar-refractivity contribution in [1.82, 2.24) is 9.97 Å². The Hall–Kier alpha value is -1.12. The molecule has 1 aliphatic carbocycles. The summed E-state index contributed by atoms with van der Waals surface area (Å²) in [7, 11) is 0. The van der Waals surface area contributed by atoms with Crippen LogP contribution in [0.5, 0.6) is 0 Å². The van der Waals surface area contributed by atoms with Gasteiger partial charge in [0.1, 0.15) is 11.6 Å². The van der Waals surface area contributed by atoms with Gasteiger partial charge in [0, 0.05) is 24.1 Å². The molecule has 1 aromatic rings. The second kappa shape index (κ2) is 3.95. The first-order chi connectivity index (χ1) is 6.79. The molecular weight excluding hydrogens is 174 g/mol. The average molecular weight is 191 g/mol. The van der Waals surface area contributed by atoms with Crippen LogP contribution in [0, 0.1) is 0 Å². The maximum atomic E-state index is 5.75. The molecule has 3 heteroatoms. The Bertz CT molecular complexity index is 316. The minimum Gasteiger partial charge on any atom is -0.384 e. The molecule has 0 bridgehead atoms. The normalized spacial score (nSPS) is 17.5. The predicted molar refractivity (Wildman–Crippen MR) is 57.0 cm³/mol. The number of rotatable bonds is 2. The first-order valence-electron chi connectivity index (χ1n) is 5.43. The van der Waals surface area contributed by atoms with Crippen molar-refractivity contribution in [1.29, 1.82) is 0 Å². The summed E-state index contributed by atoms with van der Waals surface area (Å²) in [6.07, 6.45) is 6.05. The molecule has 0 aromatic carbocycles. The molecule has 0 amide bonds. The Labute approximate surface area is 84.8 Å². The van der Waals surface area contributed by atoms with Gasteiger partial charge in [-0.3, -0.25) is 0 Å². The minimum absolute atomic E-state index is 0.624. The van der Waals surface area contributed by atoms with Gasteiger partial charge < -0.3 is 5.73 Å². The zero-order chi connectivity index (χ0) is 9.97. The van der Waals surface area contributed by atoms with Crippen LogP contribution >= 0.6 is 0 Å². The number of nitrogens with zero attached hydrogens (tertiary/aromatic N) is 2. The highest BCUT2D eigenvalue weighted by atomic mass is 14.9. The fraction of sp³-hybridized carbons (Fsp3) is 0.636. The van der Waals surface area contributed by atoms with Crippen molar-refractivity contribution in [2.45, 2.75) is 44.9 Å². The van der Waals surface area contributed by atoms with Gasteiger partial charge in [0.05, 0.1) is 0 Å². The van der Waals surface area contributed by atoms with E-state index < -0.39 is 0 Å². The molecule has 14 heavy (non-hydrogen) atoms. The van der Waals surface area contributed by atoms with Crippen LogP contribution in [0.15, 0.2) is 6.07 Å². The van der Waals surface area contributed by atoms with E-state index in [1.807, 2.05) is 6.07 Å². The molecule has 2 N–H and O–H groups in total. The van der Waals surface area contributed by atoms with Gasteiger partial charge in [-0.25, -0.2) is 9.97 Å². The highest BCUT2D eigenvalue weighted by Crippen LogP contribution is 2.33. The van der Waals surface area contributed by atoms with Crippen molar-refractivity contribution in [3.8, 4) is 0 Å². The quantitative estimate of drug-likeness (QED) is 0.780. The van der Waals surface area contributed by atoms with Crippen molar-refractivity contribution >= 4 is 5.82 Å². The van der Waals surface area contributed by atoms with Crippen LogP contribution < -0.4 is 5.73 Å². The molecule has 0 aliphatic heterocycles. The lowest BCUT2D eigenvalue weighted by atomic mass is 10.0. The zero-order valence-corrected chi connectivity index (χ0v) is 8.66. The first-order valence-corrected chi connectivity index (χ1v) is 5.43.